The third-order valence-electron chi connectivity index (χ3n) is 17.3. The van der Waals surface area contributed by atoms with Gasteiger partial charge in [-0.05, 0) is 126 Å². The molecule has 3 amide bonds. The molecule has 79 heavy (non-hydrogen) atoms. The highest BCUT2D eigenvalue weighted by Crippen LogP contribution is 2.43. The van der Waals surface area contributed by atoms with Gasteiger partial charge in [0.25, 0.3) is 0 Å². The van der Waals surface area contributed by atoms with E-state index in [0.29, 0.717) is 78.2 Å². The van der Waals surface area contributed by atoms with Crippen LogP contribution in [0.25, 0.3) is 43.8 Å². The number of nitrogens with one attached hydrogen (secondary N) is 1. The van der Waals surface area contributed by atoms with Crippen molar-refractivity contribution in [2.75, 3.05) is 64.6 Å². The number of carbonyl (C=O) groups excluding carboxylic acids is 3. The summed E-state index contributed by atoms with van der Waals surface area (Å²) in [5.74, 6) is 1.94. The summed E-state index contributed by atoms with van der Waals surface area (Å²) in [5.41, 5.74) is 4.80. The molecule has 15 nitrogen and oxygen atoms in total. The van der Waals surface area contributed by atoms with E-state index < -0.39 is 11.6 Å². The summed E-state index contributed by atoms with van der Waals surface area (Å²) in [6.07, 6.45) is 23.2. The van der Waals surface area contributed by atoms with E-state index in [-0.39, 0.29) is 58.2 Å². The van der Waals surface area contributed by atoms with E-state index in [0.717, 1.165) is 101 Å². The number of imide groups is 1. The number of nitrogens with zero attached hydrogens (tertiary/aromatic N) is 8. The molecule has 1 N–H and O–H groups in total. The Balaban J connectivity index is 0.000000163. The maximum absolute atomic E-state index is 16.9. The average Bonchev–Trinajstić information content (AvgIpc) is 4.29. The van der Waals surface area contributed by atoms with Gasteiger partial charge in [0, 0.05) is 56.0 Å². The summed E-state index contributed by atoms with van der Waals surface area (Å²) in [4.78, 5) is 55.6. The molecule has 6 aromatic rings. The molecule has 2 unspecified atom stereocenters. The van der Waals surface area contributed by atoms with Gasteiger partial charge in [0.05, 0.1) is 59.1 Å². The van der Waals surface area contributed by atoms with Gasteiger partial charge >= 0.3 is 12.1 Å². The number of aryl methyl sites for hydroxylation is 2. The fraction of sp³-hybridized carbons (Fsp3) is 0.532. The highest BCUT2D eigenvalue weighted by atomic mass is 19.1. The number of aromatic nitrogens is 5. The maximum Gasteiger partial charge on any atom is 0.409 e. The number of hydrogen-bond acceptors (Lipinski definition) is 12. The van der Waals surface area contributed by atoms with E-state index in [2.05, 4.69) is 49.1 Å². The number of ether oxygens (including phenoxy) is 3. The van der Waals surface area contributed by atoms with Crippen molar-refractivity contribution in [3.8, 4) is 29.6 Å². The topological polar surface area (TPSA) is 157 Å². The van der Waals surface area contributed by atoms with Crippen LogP contribution >= 0.6 is 0 Å². The molecule has 0 spiro atoms. The largest absolute Gasteiger partial charge is 0.461 e. The third-order valence-corrected chi connectivity index (χ3v) is 17.3. The second-order valence-corrected chi connectivity index (χ2v) is 21.9. The number of amides is 3. The van der Waals surface area contributed by atoms with Gasteiger partial charge in [0.15, 0.2) is 5.82 Å². The average molecular weight is 1080 g/mol. The predicted molar refractivity (Wildman–Crippen MR) is 302 cm³/mol. The Bertz CT molecular complexity index is 3240. The normalized spacial score (nSPS) is 21.0. The number of carbonyl (C=O) groups is 3. The van der Waals surface area contributed by atoms with Crippen LogP contribution in [-0.2, 0) is 32.5 Å². The maximum atomic E-state index is 16.9. The van der Waals surface area contributed by atoms with Crippen LogP contribution in [0, 0.1) is 24.0 Å². The monoisotopic (exact) mass is 1080 g/mol. The smallest absolute Gasteiger partial charge is 0.409 e. The lowest BCUT2D eigenvalue weighted by molar-refractivity contribution is -0.134. The van der Waals surface area contributed by atoms with Crippen LogP contribution in [0.1, 0.15) is 151 Å². The Morgan fingerprint density at radius 1 is 0.861 bits per heavy atom. The molecule has 6 fully saturated rings. The Kier molecular flexibility index (Phi) is 17.4. The van der Waals surface area contributed by atoms with Crippen LogP contribution in [0.3, 0.4) is 0 Å². The Labute approximate surface area is 462 Å². The molecule has 1 aliphatic carbocycles. The van der Waals surface area contributed by atoms with Crippen molar-refractivity contribution in [1.29, 1.82) is 0 Å². The molecule has 1 saturated carbocycles. The van der Waals surface area contributed by atoms with Gasteiger partial charge in [-0.25, -0.2) is 18.6 Å². The minimum Gasteiger partial charge on any atom is -0.461 e. The molecule has 7 aliphatic rings. The lowest BCUT2D eigenvalue weighted by Crippen LogP contribution is -2.43. The Morgan fingerprint density at radius 3 is 2.38 bits per heavy atom. The lowest BCUT2D eigenvalue weighted by Gasteiger charge is -2.32. The molecule has 418 valence electrons. The summed E-state index contributed by atoms with van der Waals surface area (Å²) in [7, 11) is 3.36. The first-order valence-corrected chi connectivity index (χ1v) is 29.0. The van der Waals surface area contributed by atoms with Crippen molar-refractivity contribution in [2.24, 2.45) is 7.05 Å². The second kappa shape index (κ2) is 24.7. The van der Waals surface area contributed by atoms with Gasteiger partial charge in [-0.2, -0.15) is 15.1 Å². The zero-order valence-electron chi connectivity index (χ0n) is 46.4. The van der Waals surface area contributed by atoms with E-state index in [4.69, 9.17) is 30.8 Å². The summed E-state index contributed by atoms with van der Waals surface area (Å²) in [5, 5.41) is 9.89. The van der Waals surface area contributed by atoms with Crippen molar-refractivity contribution in [3.05, 3.63) is 82.7 Å². The Morgan fingerprint density at radius 2 is 1.63 bits per heavy atom. The number of methoxy groups -OCH3 is 1. The summed E-state index contributed by atoms with van der Waals surface area (Å²) >= 11 is 0. The van der Waals surface area contributed by atoms with Crippen molar-refractivity contribution in [2.45, 2.75) is 146 Å². The fourth-order valence-electron chi connectivity index (χ4n) is 13.2. The first-order chi connectivity index (χ1) is 38.5. The molecule has 6 aliphatic heterocycles. The van der Waals surface area contributed by atoms with Crippen LogP contribution in [0.2, 0.25) is 0 Å². The first kappa shape index (κ1) is 55.5. The number of fused-ring (bicyclic) bond motifs is 5. The number of piperidine rings is 2. The number of rotatable bonds is 6. The van der Waals surface area contributed by atoms with Gasteiger partial charge in [-0.3, -0.25) is 24.5 Å². The van der Waals surface area contributed by atoms with Crippen LogP contribution < -0.4 is 15.0 Å². The van der Waals surface area contributed by atoms with Gasteiger partial charge < -0.3 is 24.0 Å². The first-order valence-electron chi connectivity index (χ1n) is 29.0. The van der Waals surface area contributed by atoms with Gasteiger partial charge in [0.1, 0.15) is 29.5 Å². The number of hydrogen-bond donors (Lipinski definition) is 1. The van der Waals surface area contributed by atoms with Crippen molar-refractivity contribution >= 4 is 56.3 Å². The van der Waals surface area contributed by atoms with E-state index in [1.807, 2.05) is 37.7 Å². The number of anilines is 1. The number of terminal acetylenes is 1. The molecule has 3 aromatic heterocycles. The number of likely N-dealkylation sites (tertiary alicyclic amines) is 1. The minimum absolute atomic E-state index is 0.00280. The Hall–Kier alpha value is -6.77. The van der Waals surface area contributed by atoms with E-state index in [1.165, 1.54) is 57.3 Å². The van der Waals surface area contributed by atoms with E-state index in [1.54, 1.807) is 17.0 Å². The van der Waals surface area contributed by atoms with Crippen LogP contribution in [0.5, 0.6) is 6.01 Å². The zero-order chi connectivity index (χ0) is 55.2. The summed E-state index contributed by atoms with van der Waals surface area (Å²) in [6, 6.07) is 15.2. The van der Waals surface area contributed by atoms with Gasteiger partial charge in [-0.15, -0.1) is 6.42 Å². The predicted octanol–water partition coefficient (Wildman–Crippen LogP) is 11.1. The molecule has 3 aromatic carbocycles. The third kappa shape index (κ3) is 11.4. The highest BCUT2D eigenvalue weighted by Gasteiger charge is 2.45. The quantitative estimate of drug-likeness (QED) is 0.125. The molecule has 13 rings (SSSR count). The molecule has 17 heteroatoms. The van der Waals surface area contributed by atoms with E-state index >= 15 is 4.39 Å². The summed E-state index contributed by atoms with van der Waals surface area (Å²) in [6.45, 7) is 10.4. The SMILES string of the molecule is C#Cc1c(F)ccc2cccc(-c3nc4c5c(nc(OCC67CCCN6CCC7)nc5c3F)N3CCCOCC3CC4)c12.CC.COC(=O)N1CCCCC1.Cn1nc(C2CCC(=O)NC2=O)c2ccc(C3CCCCC3)cc21. The van der Waals surface area contributed by atoms with E-state index in [9.17, 15) is 18.8 Å². The van der Waals surface area contributed by atoms with Gasteiger partial charge in [0.2, 0.25) is 11.8 Å². The number of halogens is 2. The molecular weight excluding hydrogens is 1000 g/mol. The highest BCUT2D eigenvalue weighted by molar-refractivity contribution is 6.04. The second-order valence-electron chi connectivity index (χ2n) is 21.9. The number of pyridine rings is 1. The lowest BCUT2D eigenvalue weighted by atomic mass is 9.83. The molecule has 9 heterocycles. The molecule has 5 saturated heterocycles. The molecular formula is C62H75F2N9O6. The fourth-order valence-corrected chi connectivity index (χ4v) is 13.2. The molecule has 0 radical (unpaired) electrons. The molecule has 2 atom stereocenters. The number of benzene rings is 3. The zero-order valence-corrected chi connectivity index (χ0v) is 46.4. The van der Waals surface area contributed by atoms with Crippen molar-refractivity contribution in [1.82, 2.24) is 39.8 Å². The standard InChI is InChI=1S/C34H33F2N5O2.C19H23N3O2.C7H13NO2.C2H6/c1-2-23-25(35)11-9-21-7-3-8-24(27(21)23)30-29(36)31-28-26(37-30)12-10-22-19-42-18-6-17-41(22)32(28)39-33(38-31)43-20-34-13-4-15-40(34)16-5-14-34;1-22-16-11-13(12-5-3-2-4-6-12)7-8-14(16)18(21-22)15-9-10-17(23)20-19(15)24;1-10-7(9)8-5-3-2-4-6-8;1-2/h1,3,7-9,11,22H,4-6,10,12-20H2;7-8,11-12,15H,2-6,9-10H2,1H3,(H,20,23,24);2-6H2,1H3;1-2H3. The van der Waals surface area contributed by atoms with Crippen LogP contribution in [-0.4, -0.2) is 124 Å². The summed E-state index contributed by atoms with van der Waals surface area (Å²) < 4.78 is 50.6. The van der Waals surface area contributed by atoms with Crippen LogP contribution in [0.15, 0.2) is 48.5 Å². The van der Waals surface area contributed by atoms with Gasteiger partial charge in [-0.1, -0.05) is 75.4 Å². The van der Waals surface area contributed by atoms with Crippen LogP contribution in [0.4, 0.5) is 19.4 Å². The molecule has 0 bridgehead atoms. The minimum atomic E-state index is -0.585. The van der Waals surface area contributed by atoms with Crippen molar-refractivity contribution in [3.63, 3.8) is 0 Å². The van der Waals surface area contributed by atoms with Crippen molar-refractivity contribution < 1.29 is 37.4 Å².